The lowest BCUT2D eigenvalue weighted by atomic mass is 10.3. The van der Waals surface area contributed by atoms with Gasteiger partial charge in [-0.15, -0.1) is 0 Å². The Labute approximate surface area is 64.1 Å². The fourth-order valence-corrected chi connectivity index (χ4v) is 4.14. The van der Waals surface area contributed by atoms with E-state index in [9.17, 15) is 17.9 Å². The van der Waals surface area contributed by atoms with Crippen molar-refractivity contribution in [1.29, 1.82) is 0 Å². The van der Waals surface area contributed by atoms with Crippen molar-refractivity contribution in [2.45, 2.75) is 25.0 Å². The van der Waals surface area contributed by atoms with Crippen molar-refractivity contribution in [2.24, 2.45) is 0 Å². The van der Waals surface area contributed by atoms with E-state index in [1.807, 2.05) is 0 Å². The quantitative estimate of drug-likeness (QED) is 0.475. The Morgan fingerprint density at radius 1 is 1.45 bits per heavy atom. The average Bonchev–Trinajstić information content (AvgIpc) is 1.94. The maximum Gasteiger partial charge on any atom is 0.325 e. The van der Waals surface area contributed by atoms with E-state index >= 15 is 0 Å². The molecule has 1 saturated heterocycles. The van der Waals surface area contributed by atoms with Gasteiger partial charge in [-0.05, 0) is 12.5 Å². The van der Waals surface area contributed by atoms with Gasteiger partial charge in [-0.25, -0.2) is 17.9 Å². The third kappa shape index (κ3) is 2.18. The fourth-order valence-electron chi connectivity index (χ4n) is 0.891. The van der Waals surface area contributed by atoms with E-state index in [4.69, 9.17) is 0 Å². The molecule has 0 aliphatic carbocycles. The largest absolute Gasteiger partial charge is 0.374 e. The molecule has 0 bridgehead atoms. The maximum absolute atomic E-state index is 12.4. The van der Waals surface area contributed by atoms with Crippen LogP contribution in [0.5, 0.6) is 0 Å². The lowest BCUT2D eigenvalue weighted by molar-refractivity contribution is -0.0199. The van der Waals surface area contributed by atoms with Crippen molar-refractivity contribution in [3.63, 3.8) is 0 Å². The summed E-state index contributed by atoms with van der Waals surface area (Å²) in [6.45, 7) is 0. The number of hydrogen-bond acceptors (Lipinski definition) is 3. The van der Waals surface area contributed by atoms with Crippen molar-refractivity contribution >= 4 is 15.9 Å². The molecular formula is C4H7F2O3PSi. The van der Waals surface area contributed by atoms with Gasteiger partial charge >= 0.3 is 15.9 Å². The van der Waals surface area contributed by atoms with Gasteiger partial charge < -0.3 is 4.43 Å². The first kappa shape index (κ1) is 9.03. The van der Waals surface area contributed by atoms with Crippen LogP contribution >= 0.6 is 7.23 Å². The Kier molecular flexibility index (Phi) is 2.92. The minimum Gasteiger partial charge on any atom is -0.374 e. The molecule has 1 heterocycles. The zero-order valence-electron chi connectivity index (χ0n) is 5.57. The Balaban J connectivity index is 2.52. The van der Waals surface area contributed by atoms with Gasteiger partial charge in [-0.3, -0.25) is 0 Å². The van der Waals surface area contributed by atoms with E-state index in [0.717, 1.165) is 0 Å². The summed E-state index contributed by atoms with van der Waals surface area (Å²) in [4.78, 5) is 0. The first-order valence-electron chi connectivity index (χ1n) is 3.18. The van der Waals surface area contributed by atoms with Crippen LogP contribution in [0.1, 0.15) is 6.42 Å². The van der Waals surface area contributed by atoms with E-state index in [0.29, 0.717) is 0 Å². The van der Waals surface area contributed by atoms with E-state index in [-0.39, 0.29) is 12.5 Å². The fraction of sp³-hybridized carbons (Fsp3) is 1.00. The summed E-state index contributed by atoms with van der Waals surface area (Å²) in [5.74, 6) is 0. The molecule has 0 amide bonds. The second-order valence-corrected chi connectivity index (χ2v) is 7.64. The summed E-state index contributed by atoms with van der Waals surface area (Å²) in [5.41, 5.74) is 0. The molecule has 0 aromatic rings. The van der Waals surface area contributed by atoms with Crippen molar-refractivity contribution in [3.8, 4) is 0 Å². The molecule has 0 aromatic carbocycles. The van der Waals surface area contributed by atoms with Gasteiger partial charge in [0, 0.05) is 0 Å². The number of halogens is 2. The van der Waals surface area contributed by atoms with Crippen LogP contribution in [-0.2, 0) is 13.6 Å². The molecule has 7 heteroatoms. The van der Waals surface area contributed by atoms with Crippen LogP contribution in [0.4, 0.5) is 8.78 Å². The smallest absolute Gasteiger partial charge is 0.325 e. The van der Waals surface area contributed by atoms with Crippen LogP contribution in [0, 0.1) is 0 Å². The van der Waals surface area contributed by atoms with Gasteiger partial charge in [-0.2, -0.15) is 0 Å². The zero-order valence-corrected chi connectivity index (χ0v) is 7.62. The van der Waals surface area contributed by atoms with Crippen molar-refractivity contribution < 1.29 is 22.3 Å². The molecule has 64 valence electrons. The summed E-state index contributed by atoms with van der Waals surface area (Å²) < 4.78 is 49.6. The van der Waals surface area contributed by atoms with Gasteiger partial charge in [0.1, 0.15) is 0 Å². The van der Waals surface area contributed by atoms with E-state index in [1.54, 1.807) is 0 Å². The standard InChI is InChI=1S/C4H7F2O3PSi/c5-3-1-2-11(10(7)8)9-4(3)6/h3-4,11H,1-2H2. The molecular weight excluding hydrogens is 193 g/mol. The van der Waals surface area contributed by atoms with E-state index < -0.39 is 28.5 Å². The molecule has 3 unspecified atom stereocenters. The molecule has 0 N–H and O–H groups in total. The first-order chi connectivity index (χ1) is 5.11. The van der Waals surface area contributed by atoms with Crippen molar-refractivity contribution in [1.82, 2.24) is 0 Å². The number of rotatable bonds is 1. The maximum atomic E-state index is 12.4. The molecule has 0 saturated carbocycles. The van der Waals surface area contributed by atoms with Gasteiger partial charge in [0.2, 0.25) is 6.36 Å². The third-order valence-electron chi connectivity index (χ3n) is 1.50. The minimum absolute atomic E-state index is 0.0264. The molecule has 3 nitrogen and oxygen atoms in total. The summed E-state index contributed by atoms with van der Waals surface area (Å²) >= 11 is 0. The summed E-state index contributed by atoms with van der Waals surface area (Å²) in [5, 5.41) is 0. The predicted octanol–water partition coefficient (Wildman–Crippen LogP) is 1.43. The number of hydrogen-bond donors (Lipinski definition) is 0. The topological polar surface area (TPSA) is 43.4 Å². The Hall–Kier alpha value is -0.0631. The van der Waals surface area contributed by atoms with Crippen molar-refractivity contribution in [2.75, 3.05) is 0 Å². The van der Waals surface area contributed by atoms with Gasteiger partial charge in [0.05, 0.1) is 0 Å². The SMILES string of the molecule is O=P(=O)[SiH]1CCC(F)C(F)O1. The third-order valence-corrected chi connectivity index (χ3v) is 5.92. The van der Waals surface area contributed by atoms with E-state index in [1.165, 1.54) is 0 Å². The minimum atomic E-state index is -2.65. The lowest BCUT2D eigenvalue weighted by Gasteiger charge is -2.22. The molecule has 1 aliphatic rings. The molecule has 3 atom stereocenters. The highest BCUT2D eigenvalue weighted by atomic mass is 31.4. The normalized spacial score (nSPS) is 38.5. The second-order valence-electron chi connectivity index (χ2n) is 2.32. The average molecular weight is 200 g/mol. The Morgan fingerprint density at radius 2 is 2.09 bits per heavy atom. The highest BCUT2D eigenvalue weighted by Gasteiger charge is 2.35. The number of alkyl halides is 2. The van der Waals surface area contributed by atoms with E-state index in [2.05, 4.69) is 4.43 Å². The molecule has 0 radical (unpaired) electrons. The van der Waals surface area contributed by atoms with Crippen LogP contribution in [0.3, 0.4) is 0 Å². The monoisotopic (exact) mass is 200 g/mol. The molecule has 1 rings (SSSR count). The molecule has 0 aromatic heterocycles. The van der Waals surface area contributed by atoms with Crippen LogP contribution in [0.15, 0.2) is 0 Å². The van der Waals surface area contributed by atoms with Crippen molar-refractivity contribution in [3.05, 3.63) is 0 Å². The second kappa shape index (κ2) is 3.56. The summed E-state index contributed by atoms with van der Waals surface area (Å²) in [7, 11) is -5.11. The highest BCUT2D eigenvalue weighted by Crippen LogP contribution is 2.28. The van der Waals surface area contributed by atoms with Gasteiger partial charge in [-0.1, -0.05) is 0 Å². The highest BCUT2D eigenvalue weighted by molar-refractivity contribution is 7.70. The molecule has 0 spiro atoms. The van der Waals surface area contributed by atoms with Crippen LogP contribution in [-0.4, -0.2) is 21.2 Å². The molecule has 1 aliphatic heterocycles. The van der Waals surface area contributed by atoms with Gasteiger partial charge in [0.15, 0.2) is 6.17 Å². The summed E-state index contributed by atoms with van der Waals surface area (Å²) in [6, 6.07) is 0.181. The van der Waals surface area contributed by atoms with Crippen LogP contribution in [0.2, 0.25) is 6.04 Å². The molecule has 1 fully saturated rings. The Morgan fingerprint density at radius 3 is 2.55 bits per heavy atom. The predicted molar refractivity (Wildman–Crippen MR) is 35.7 cm³/mol. The first-order valence-corrected chi connectivity index (χ1v) is 7.26. The molecule has 11 heavy (non-hydrogen) atoms. The van der Waals surface area contributed by atoms with Gasteiger partial charge in [0.25, 0.3) is 0 Å². The summed E-state index contributed by atoms with van der Waals surface area (Å²) in [6.07, 6.45) is -3.69. The zero-order chi connectivity index (χ0) is 8.43. The van der Waals surface area contributed by atoms with Crippen LogP contribution < -0.4 is 0 Å². The lowest BCUT2D eigenvalue weighted by Crippen LogP contribution is -2.33. The Bertz CT molecular complexity index is 202. The van der Waals surface area contributed by atoms with Crippen LogP contribution in [0.25, 0.3) is 0 Å².